The highest BCUT2D eigenvalue weighted by atomic mass is 16.4. The third kappa shape index (κ3) is 0.838. The minimum atomic E-state index is 0.436. The van der Waals surface area contributed by atoms with Crippen molar-refractivity contribution in [3.63, 3.8) is 0 Å². The van der Waals surface area contributed by atoms with Crippen molar-refractivity contribution in [3.8, 4) is 0 Å². The molecule has 0 aromatic heterocycles. The van der Waals surface area contributed by atoms with E-state index in [9.17, 15) is 0 Å². The van der Waals surface area contributed by atoms with Crippen LogP contribution in [0.15, 0.2) is 16.8 Å². The summed E-state index contributed by atoms with van der Waals surface area (Å²) in [4.78, 5) is 0. The van der Waals surface area contributed by atoms with Gasteiger partial charge in [-0.15, -0.1) is 0 Å². The van der Waals surface area contributed by atoms with E-state index < -0.39 is 0 Å². The lowest BCUT2D eigenvalue weighted by molar-refractivity contribution is -0.00141. The fourth-order valence-corrected chi connectivity index (χ4v) is 2.61. The Morgan fingerprint density at radius 3 is 2.92 bits per heavy atom. The molecule has 2 heteroatoms. The van der Waals surface area contributed by atoms with Crippen LogP contribution < -0.4 is 0 Å². The van der Waals surface area contributed by atoms with E-state index in [0.29, 0.717) is 11.3 Å². The topological polar surface area (TPSA) is 32.6 Å². The van der Waals surface area contributed by atoms with Crippen molar-refractivity contribution >= 4 is 6.21 Å². The van der Waals surface area contributed by atoms with Gasteiger partial charge in [0.1, 0.15) is 0 Å². The van der Waals surface area contributed by atoms with Gasteiger partial charge < -0.3 is 5.21 Å². The molecule has 2 bridgehead atoms. The summed E-state index contributed by atoms with van der Waals surface area (Å²) in [5.74, 6) is 1.49. The summed E-state index contributed by atoms with van der Waals surface area (Å²) < 4.78 is 0. The Morgan fingerprint density at radius 1 is 1.67 bits per heavy atom. The summed E-state index contributed by atoms with van der Waals surface area (Å²) in [7, 11) is 0. The molecule has 1 saturated carbocycles. The first kappa shape index (κ1) is 7.84. The van der Waals surface area contributed by atoms with Gasteiger partial charge in [-0.05, 0) is 35.7 Å². The maximum Gasteiger partial charge on any atom is 0.0693 e. The molecule has 0 saturated heterocycles. The maximum atomic E-state index is 8.45. The van der Waals surface area contributed by atoms with E-state index >= 15 is 0 Å². The summed E-state index contributed by atoms with van der Waals surface area (Å²) in [6.07, 6.45) is 6.25. The van der Waals surface area contributed by atoms with E-state index in [4.69, 9.17) is 5.21 Å². The first-order valence-corrected chi connectivity index (χ1v) is 4.53. The van der Waals surface area contributed by atoms with Crippen LogP contribution in [0.5, 0.6) is 0 Å². The summed E-state index contributed by atoms with van der Waals surface area (Å²) in [5.41, 5.74) is 1.66. The molecule has 0 aromatic carbocycles. The molecule has 2 nitrogen and oxygen atoms in total. The zero-order valence-corrected chi connectivity index (χ0v) is 7.62. The molecule has 3 aliphatic rings. The number of oxime groups is 1. The second-order valence-corrected chi connectivity index (χ2v) is 4.49. The highest BCUT2D eigenvalue weighted by molar-refractivity contribution is 5.79. The van der Waals surface area contributed by atoms with Gasteiger partial charge in [0, 0.05) is 0 Å². The van der Waals surface area contributed by atoms with Crippen LogP contribution in [0.1, 0.15) is 26.7 Å². The smallest absolute Gasteiger partial charge is 0.0693 e. The highest BCUT2D eigenvalue weighted by Gasteiger charge is 2.50. The maximum absolute atomic E-state index is 8.45. The molecule has 1 N–H and O–H groups in total. The van der Waals surface area contributed by atoms with Gasteiger partial charge in [-0.25, -0.2) is 0 Å². The normalized spacial score (nSPS) is 37.7. The fourth-order valence-electron chi connectivity index (χ4n) is 2.61. The van der Waals surface area contributed by atoms with Crippen molar-refractivity contribution < 1.29 is 5.21 Å². The molecule has 3 aliphatic carbocycles. The average Bonchev–Trinajstić information content (AvgIpc) is 2.05. The van der Waals surface area contributed by atoms with Crippen molar-refractivity contribution in [3.05, 3.63) is 11.6 Å². The molecule has 0 radical (unpaired) electrons. The first-order valence-electron chi connectivity index (χ1n) is 4.53. The molecular weight excluding hydrogens is 150 g/mol. The number of fused-ring (bicyclic) bond motifs is 1. The lowest BCUT2D eigenvalue weighted by Crippen LogP contribution is -2.48. The minimum Gasteiger partial charge on any atom is -0.411 e. The number of hydrogen-bond donors (Lipinski definition) is 1. The van der Waals surface area contributed by atoms with Gasteiger partial charge in [-0.1, -0.05) is 25.1 Å². The quantitative estimate of drug-likeness (QED) is 0.361. The molecule has 0 aromatic rings. The van der Waals surface area contributed by atoms with Gasteiger partial charge in [-0.2, -0.15) is 0 Å². The Hall–Kier alpha value is -0.790. The van der Waals surface area contributed by atoms with Crippen LogP contribution in [-0.2, 0) is 0 Å². The number of hydrogen-bond acceptors (Lipinski definition) is 2. The van der Waals surface area contributed by atoms with Crippen LogP contribution in [0.2, 0.25) is 0 Å². The van der Waals surface area contributed by atoms with E-state index in [1.54, 1.807) is 6.21 Å². The number of nitrogens with zero attached hydrogens (tertiary/aromatic N) is 1. The molecule has 0 spiro atoms. The van der Waals surface area contributed by atoms with E-state index in [0.717, 1.165) is 12.3 Å². The lowest BCUT2D eigenvalue weighted by Gasteiger charge is -2.55. The summed E-state index contributed by atoms with van der Waals surface area (Å²) in [6, 6.07) is 0. The van der Waals surface area contributed by atoms with Gasteiger partial charge in [0.05, 0.1) is 6.21 Å². The Labute approximate surface area is 73.0 Å². The van der Waals surface area contributed by atoms with Crippen LogP contribution >= 0.6 is 0 Å². The van der Waals surface area contributed by atoms with Crippen LogP contribution in [0, 0.1) is 17.3 Å². The van der Waals surface area contributed by atoms with Crippen LogP contribution in [0.25, 0.3) is 0 Å². The van der Waals surface area contributed by atoms with Gasteiger partial charge >= 0.3 is 0 Å². The van der Waals surface area contributed by atoms with Crippen molar-refractivity contribution in [2.75, 3.05) is 0 Å². The Kier molecular flexibility index (Phi) is 1.53. The molecule has 66 valence electrons. The van der Waals surface area contributed by atoms with E-state index in [-0.39, 0.29) is 0 Å². The van der Waals surface area contributed by atoms with E-state index in [1.807, 2.05) is 0 Å². The predicted molar refractivity (Wildman–Crippen MR) is 48.4 cm³/mol. The largest absolute Gasteiger partial charge is 0.411 e. The van der Waals surface area contributed by atoms with E-state index in [1.165, 1.54) is 12.0 Å². The Balaban J connectivity index is 2.23. The molecule has 0 amide bonds. The van der Waals surface area contributed by atoms with Crippen LogP contribution in [0.4, 0.5) is 0 Å². The molecule has 1 fully saturated rings. The molecule has 0 aliphatic heterocycles. The fraction of sp³-hybridized carbons (Fsp3) is 0.700. The van der Waals surface area contributed by atoms with Gasteiger partial charge in [0.2, 0.25) is 0 Å². The minimum absolute atomic E-state index is 0.436. The standard InChI is InChI=1S/C10H15NO/c1-10(2)8-4-3-7(6-11-12)9(10)5-8/h3,6,8-9,12H,4-5H2,1-2H3. The van der Waals surface area contributed by atoms with E-state index in [2.05, 4.69) is 25.1 Å². The summed E-state index contributed by atoms with van der Waals surface area (Å²) in [6.45, 7) is 4.62. The summed E-state index contributed by atoms with van der Waals surface area (Å²) in [5, 5.41) is 11.6. The van der Waals surface area contributed by atoms with Crippen molar-refractivity contribution in [1.29, 1.82) is 0 Å². The van der Waals surface area contributed by atoms with Crippen molar-refractivity contribution in [2.45, 2.75) is 26.7 Å². The molecule has 3 rings (SSSR count). The molecule has 0 heterocycles. The molecule has 12 heavy (non-hydrogen) atoms. The highest BCUT2D eigenvalue weighted by Crippen LogP contribution is 2.58. The molecule has 2 unspecified atom stereocenters. The SMILES string of the molecule is CC1(C)C2CC=C(C=NO)C1C2. The summed E-state index contributed by atoms with van der Waals surface area (Å²) >= 11 is 0. The molecular formula is C10H15NO. The zero-order valence-electron chi connectivity index (χ0n) is 7.62. The Bertz CT molecular complexity index is 253. The third-order valence-electron chi connectivity index (χ3n) is 3.72. The van der Waals surface area contributed by atoms with Gasteiger partial charge in [0.25, 0.3) is 0 Å². The third-order valence-corrected chi connectivity index (χ3v) is 3.72. The lowest BCUT2D eigenvalue weighted by atomic mass is 9.49. The second-order valence-electron chi connectivity index (χ2n) is 4.49. The average molecular weight is 165 g/mol. The van der Waals surface area contributed by atoms with Crippen molar-refractivity contribution in [2.24, 2.45) is 22.4 Å². The van der Waals surface area contributed by atoms with Crippen LogP contribution in [0.3, 0.4) is 0 Å². The monoisotopic (exact) mass is 165 g/mol. The van der Waals surface area contributed by atoms with Gasteiger partial charge in [0.15, 0.2) is 0 Å². The van der Waals surface area contributed by atoms with Gasteiger partial charge in [-0.3, -0.25) is 0 Å². The molecule has 2 atom stereocenters. The predicted octanol–water partition coefficient (Wildman–Crippen LogP) is 2.44. The van der Waals surface area contributed by atoms with Crippen molar-refractivity contribution in [1.82, 2.24) is 0 Å². The zero-order chi connectivity index (χ0) is 8.77. The Morgan fingerprint density at radius 2 is 2.42 bits per heavy atom. The van der Waals surface area contributed by atoms with Crippen LogP contribution in [-0.4, -0.2) is 11.4 Å². The first-order chi connectivity index (χ1) is 5.66. The number of allylic oxidation sites excluding steroid dienone is 2. The second kappa shape index (κ2) is 2.35. The number of rotatable bonds is 1.